The van der Waals surface area contributed by atoms with Gasteiger partial charge in [0.05, 0.1) is 6.10 Å². The van der Waals surface area contributed by atoms with Crippen molar-refractivity contribution in [2.24, 2.45) is 0 Å². The van der Waals surface area contributed by atoms with Crippen LogP contribution in [0.25, 0.3) is 0 Å². The van der Waals surface area contributed by atoms with Crippen molar-refractivity contribution in [1.29, 1.82) is 0 Å². The van der Waals surface area contributed by atoms with Gasteiger partial charge in [0.25, 0.3) is 0 Å². The second-order valence-electron chi connectivity index (χ2n) is 5.10. The summed E-state index contributed by atoms with van der Waals surface area (Å²) in [5.41, 5.74) is 0. The van der Waals surface area contributed by atoms with Gasteiger partial charge in [0.2, 0.25) is 5.91 Å². The number of hydrogen-bond acceptors (Lipinski definition) is 3. The van der Waals surface area contributed by atoms with Crippen molar-refractivity contribution < 1.29 is 9.53 Å². The third-order valence-corrected chi connectivity index (χ3v) is 3.95. The van der Waals surface area contributed by atoms with E-state index in [1.165, 1.54) is 19.3 Å². The van der Waals surface area contributed by atoms with Gasteiger partial charge >= 0.3 is 0 Å². The fourth-order valence-corrected chi connectivity index (χ4v) is 2.90. The van der Waals surface area contributed by atoms with Gasteiger partial charge in [0.15, 0.2) is 0 Å². The fourth-order valence-electron chi connectivity index (χ4n) is 2.90. The molecular weight excluding hydrogens is 216 g/mol. The van der Waals surface area contributed by atoms with Crippen molar-refractivity contribution in [3.05, 3.63) is 0 Å². The second-order valence-corrected chi connectivity index (χ2v) is 5.10. The molecule has 0 aliphatic carbocycles. The minimum absolute atomic E-state index is 0.287. The molecule has 0 spiro atoms. The summed E-state index contributed by atoms with van der Waals surface area (Å²) in [4.78, 5) is 13.9. The highest BCUT2D eigenvalue weighted by atomic mass is 16.5. The molecule has 2 saturated heterocycles. The van der Waals surface area contributed by atoms with Crippen LogP contribution in [0.4, 0.5) is 0 Å². The lowest BCUT2D eigenvalue weighted by molar-refractivity contribution is -0.130. The number of rotatable bonds is 4. The molecule has 0 bridgehead atoms. The molecule has 2 heterocycles. The predicted molar refractivity (Wildman–Crippen MR) is 66.9 cm³/mol. The molecule has 0 unspecified atom stereocenters. The van der Waals surface area contributed by atoms with Gasteiger partial charge in [-0.2, -0.15) is 0 Å². The maximum absolute atomic E-state index is 11.9. The molecule has 1 N–H and O–H groups in total. The fraction of sp³-hybridized carbons (Fsp3) is 0.923. The normalized spacial score (nSPS) is 29.6. The Labute approximate surface area is 104 Å². The Morgan fingerprint density at radius 3 is 2.82 bits per heavy atom. The average Bonchev–Trinajstić information content (AvgIpc) is 2.90. The molecule has 98 valence electrons. The van der Waals surface area contributed by atoms with Crippen LogP contribution in [0.1, 0.15) is 38.5 Å². The quantitative estimate of drug-likeness (QED) is 0.801. The number of ether oxygens (including phenoxy) is 1. The minimum Gasteiger partial charge on any atom is -0.380 e. The summed E-state index contributed by atoms with van der Waals surface area (Å²) >= 11 is 0. The number of hydrogen-bond donors (Lipinski definition) is 1. The monoisotopic (exact) mass is 240 g/mol. The molecule has 1 amide bonds. The van der Waals surface area contributed by atoms with Crippen LogP contribution in [-0.4, -0.2) is 49.7 Å². The molecule has 4 nitrogen and oxygen atoms in total. The summed E-state index contributed by atoms with van der Waals surface area (Å²) in [6.07, 6.45) is 6.50. The Balaban J connectivity index is 1.74. The number of carbonyl (C=O) groups excluding carboxylic acids is 1. The standard InChI is InChI=1S/C13H24N2O2/c1-17-12-5-4-8-14-11(12)6-7-13(16)15-9-2-3-10-15/h11-12,14H,2-10H2,1H3/t11-,12-/m0/s1. The summed E-state index contributed by atoms with van der Waals surface area (Å²) in [6.45, 7) is 2.98. The summed E-state index contributed by atoms with van der Waals surface area (Å²) in [7, 11) is 1.77. The molecule has 2 aliphatic rings. The summed E-state index contributed by atoms with van der Waals surface area (Å²) < 4.78 is 5.47. The number of nitrogens with one attached hydrogen (secondary N) is 1. The predicted octanol–water partition coefficient (Wildman–Crippen LogP) is 1.16. The van der Waals surface area contributed by atoms with Crippen LogP contribution < -0.4 is 5.32 Å². The van der Waals surface area contributed by atoms with Crippen LogP contribution in [0.15, 0.2) is 0 Å². The number of likely N-dealkylation sites (tertiary alicyclic amines) is 1. The largest absolute Gasteiger partial charge is 0.380 e. The number of piperidine rings is 1. The average molecular weight is 240 g/mol. The molecule has 2 aliphatic heterocycles. The molecule has 0 aromatic heterocycles. The molecule has 2 atom stereocenters. The lowest BCUT2D eigenvalue weighted by Crippen LogP contribution is -2.46. The van der Waals surface area contributed by atoms with E-state index in [1.807, 2.05) is 4.90 Å². The van der Waals surface area contributed by atoms with E-state index in [9.17, 15) is 4.79 Å². The summed E-state index contributed by atoms with van der Waals surface area (Å²) in [6, 6.07) is 0.361. The highest BCUT2D eigenvalue weighted by molar-refractivity contribution is 5.76. The van der Waals surface area contributed by atoms with E-state index < -0.39 is 0 Å². The van der Waals surface area contributed by atoms with E-state index >= 15 is 0 Å². The van der Waals surface area contributed by atoms with Gasteiger partial charge in [-0.3, -0.25) is 4.79 Å². The van der Waals surface area contributed by atoms with E-state index in [1.54, 1.807) is 7.11 Å². The first kappa shape index (κ1) is 12.8. The first-order valence-electron chi connectivity index (χ1n) is 6.85. The van der Waals surface area contributed by atoms with Crippen LogP contribution >= 0.6 is 0 Å². The molecule has 0 radical (unpaired) electrons. The summed E-state index contributed by atoms with van der Waals surface area (Å²) in [5, 5.41) is 3.47. The lowest BCUT2D eigenvalue weighted by Gasteiger charge is -2.31. The molecule has 0 aromatic carbocycles. The van der Waals surface area contributed by atoms with Crippen molar-refractivity contribution in [2.75, 3.05) is 26.7 Å². The van der Waals surface area contributed by atoms with Crippen LogP contribution in [0.2, 0.25) is 0 Å². The van der Waals surface area contributed by atoms with Crippen molar-refractivity contribution >= 4 is 5.91 Å². The number of carbonyl (C=O) groups is 1. The van der Waals surface area contributed by atoms with E-state index in [2.05, 4.69) is 5.32 Å². The third kappa shape index (κ3) is 3.42. The van der Waals surface area contributed by atoms with Gasteiger partial charge in [-0.1, -0.05) is 0 Å². The molecular formula is C13H24N2O2. The van der Waals surface area contributed by atoms with E-state index in [0.717, 1.165) is 32.5 Å². The first-order valence-corrected chi connectivity index (χ1v) is 6.85. The molecule has 0 saturated carbocycles. The zero-order valence-corrected chi connectivity index (χ0v) is 10.8. The maximum atomic E-state index is 11.9. The zero-order chi connectivity index (χ0) is 12.1. The molecule has 2 rings (SSSR count). The van der Waals surface area contributed by atoms with Crippen LogP contribution in [0.5, 0.6) is 0 Å². The maximum Gasteiger partial charge on any atom is 0.222 e. The van der Waals surface area contributed by atoms with Crippen molar-refractivity contribution in [2.45, 2.75) is 50.7 Å². The van der Waals surface area contributed by atoms with Crippen LogP contribution in [0.3, 0.4) is 0 Å². The van der Waals surface area contributed by atoms with Gasteiger partial charge < -0.3 is 15.0 Å². The molecule has 4 heteroatoms. The highest BCUT2D eigenvalue weighted by Gasteiger charge is 2.26. The van der Waals surface area contributed by atoms with Gasteiger partial charge in [-0.25, -0.2) is 0 Å². The molecule has 0 aromatic rings. The molecule has 17 heavy (non-hydrogen) atoms. The van der Waals surface area contributed by atoms with Gasteiger partial charge in [0, 0.05) is 32.7 Å². The highest BCUT2D eigenvalue weighted by Crippen LogP contribution is 2.17. The van der Waals surface area contributed by atoms with Gasteiger partial charge in [-0.05, 0) is 38.6 Å². The second kappa shape index (κ2) is 6.36. The Morgan fingerprint density at radius 2 is 2.12 bits per heavy atom. The van der Waals surface area contributed by atoms with Crippen molar-refractivity contribution in [3.8, 4) is 0 Å². The topological polar surface area (TPSA) is 41.6 Å². The summed E-state index contributed by atoms with van der Waals surface area (Å²) in [5.74, 6) is 0.324. The third-order valence-electron chi connectivity index (χ3n) is 3.95. The Bertz CT molecular complexity index is 252. The molecule has 2 fully saturated rings. The Morgan fingerprint density at radius 1 is 1.35 bits per heavy atom. The van der Waals surface area contributed by atoms with E-state index in [4.69, 9.17) is 4.74 Å². The first-order chi connectivity index (χ1) is 8.31. The van der Waals surface area contributed by atoms with E-state index in [0.29, 0.717) is 18.4 Å². The Kier molecular flexibility index (Phi) is 4.80. The number of nitrogens with zero attached hydrogens (tertiary/aromatic N) is 1. The number of methoxy groups -OCH3 is 1. The van der Waals surface area contributed by atoms with E-state index in [-0.39, 0.29) is 6.10 Å². The van der Waals surface area contributed by atoms with Crippen molar-refractivity contribution in [1.82, 2.24) is 10.2 Å². The lowest BCUT2D eigenvalue weighted by atomic mass is 9.97. The number of amides is 1. The SMILES string of the molecule is CO[C@H]1CCCN[C@H]1CCC(=O)N1CCCC1. The van der Waals surface area contributed by atoms with Crippen LogP contribution in [-0.2, 0) is 9.53 Å². The smallest absolute Gasteiger partial charge is 0.222 e. The minimum atomic E-state index is 0.287. The van der Waals surface area contributed by atoms with Gasteiger partial charge in [0.1, 0.15) is 0 Å². The Hall–Kier alpha value is -0.610. The van der Waals surface area contributed by atoms with Gasteiger partial charge in [-0.15, -0.1) is 0 Å². The van der Waals surface area contributed by atoms with Crippen LogP contribution in [0, 0.1) is 0 Å². The zero-order valence-electron chi connectivity index (χ0n) is 10.8. The van der Waals surface area contributed by atoms with Crippen molar-refractivity contribution in [3.63, 3.8) is 0 Å².